The second-order valence-electron chi connectivity index (χ2n) is 1.34. The first-order valence-corrected chi connectivity index (χ1v) is 1.94. The van der Waals surface area contributed by atoms with E-state index in [1.165, 1.54) is 6.92 Å². The minimum Gasteiger partial charge on any atom is -0.390 e. The molecule has 0 aromatic heterocycles. The van der Waals surface area contributed by atoms with E-state index in [0.29, 0.717) is 0 Å². The minimum absolute atomic E-state index is 0.836. The summed E-state index contributed by atoms with van der Waals surface area (Å²) in [6, 6.07) is 0. The highest BCUT2D eigenvalue weighted by atomic mass is 16.3. The molecule has 0 radical (unpaired) electrons. The molecule has 0 aliphatic carbocycles. The molecule has 42 valence electrons. The van der Waals surface area contributed by atoms with Gasteiger partial charge in [-0.2, -0.15) is 0 Å². The SMILES string of the molecule is CC(O)C(N)N=O. The number of hydrogen-bond acceptors (Lipinski definition) is 4. The van der Waals surface area contributed by atoms with Gasteiger partial charge in [0.15, 0.2) is 6.17 Å². The summed E-state index contributed by atoms with van der Waals surface area (Å²) < 4.78 is 0. The molecule has 7 heavy (non-hydrogen) atoms. The Balaban J connectivity index is 3.33. The number of aliphatic hydroxyl groups excluding tert-OH is 1. The lowest BCUT2D eigenvalue weighted by Crippen LogP contribution is -2.29. The molecule has 0 fully saturated rings. The summed E-state index contributed by atoms with van der Waals surface area (Å²) >= 11 is 0. The molecule has 4 heteroatoms. The molecule has 0 spiro atoms. The van der Waals surface area contributed by atoms with Crippen LogP contribution >= 0.6 is 0 Å². The van der Waals surface area contributed by atoms with Crippen molar-refractivity contribution in [2.75, 3.05) is 0 Å². The molecule has 3 N–H and O–H groups in total. The fraction of sp³-hybridized carbons (Fsp3) is 1.00. The van der Waals surface area contributed by atoms with Crippen molar-refractivity contribution in [1.82, 2.24) is 0 Å². The number of nitrogens with zero attached hydrogens (tertiary/aromatic N) is 1. The predicted octanol–water partition coefficient (Wildman–Crippen LogP) is -0.582. The molecule has 0 saturated carbocycles. The van der Waals surface area contributed by atoms with Crippen LogP contribution in [-0.2, 0) is 0 Å². The maximum absolute atomic E-state index is 9.41. The van der Waals surface area contributed by atoms with E-state index in [-0.39, 0.29) is 0 Å². The van der Waals surface area contributed by atoms with Gasteiger partial charge < -0.3 is 10.8 Å². The summed E-state index contributed by atoms with van der Waals surface area (Å²) in [7, 11) is 0. The average molecular weight is 104 g/mol. The largest absolute Gasteiger partial charge is 0.390 e. The van der Waals surface area contributed by atoms with E-state index in [1.807, 2.05) is 0 Å². The van der Waals surface area contributed by atoms with E-state index >= 15 is 0 Å². The van der Waals surface area contributed by atoms with Crippen LogP contribution in [0.1, 0.15) is 6.92 Å². The maximum Gasteiger partial charge on any atom is 0.165 e. The Labute approximate surface area is 41.3 Å². The molecular weight excluding hydrogens is 96.0 g/mol. The molecule has 2 unspecified atom stereocenters. The molecule has 4 nitrogen and oxygen atoms in total. The highest BCUT2D eigenvalue weighted by Crippen LogP contribution is 1.86. The van der Waals surface area contributed by atoms with Crippen LogP contribution in [0, 0.1) is 4.91 Å². The third-order valence-corrected chi connectivity index (χ3v) is 0.616. The van der Waals surface area contributed by atoms with Gasteiger partial charge in [0, 0.05) is 0 Å². The third kappa shape index (κ3) is 2.24. The molecule has 0 aliphatic rings. The van der Waals surface area contributed by atoms with Gasteiger partial charge in [-0.25, -0.2) is 0 Å². The Kier molecular flexibility index (Phi) is 2.47. The number of nitrogens with two attached hydrogens (primary N) is 1. The Morgan fingerprint density at radius 1 is 1.86 bits per heavy atom. The lowest BCUT2D eigenvalue weighted by atomic mass is 10.3. The minimum atomic E-state index is -0.972. The van der Waals surface area contributed by atoms with Gasteiger partial charge in [-0.3, -0.25) is 0 Å². The molecule has 0 bridgehead atoms. The number of rotatable bonds is 2. The van der Waals surface area contributed by atoms with Gasteiger partial charge in [0.1, 0.15) is 0 Å². The van der Waals surface area contributed by atoms with E-state index in [0.717, 1.165) is 0 Å². The van der Waals surface area contributed by atoms with Crippen LogP contribution in [-0.4, -0.2) is 17.4 Å². The van der Waals surface area contributed by atoms with Crippen molar-refractivity contribution in [3.05, 3.63) is 4.91 Å². The van der Waals surface area contributed by atoms with Crippen molar-refractivity contribution >= 4 is 0 Å². The van der Waals surface area contributed by atoms with Gasteiger partial charge in [-0.05, 0) is 12.1 Å². The molecule has 0 rings (SSSR count). The summed E-state index contributed by atoms with van der Waals surface area (Å²) in [5.74, 6) is 0. The van der Waals surface area contributed by atoms with Crippen molar-refractivity contribution < 1.29 is 5.11 Å². The van der Waals surface area contributed by atoms with Crippen molar-refractivity contribution in [3.8, 4) is 0 Å². The second kappa shape index (κ2) is 2.65. The molecule has 0 aromatic rings. The average Bonchev–Trinajstić information content (AvgIpc) is 1.65. The van der Waals surface area contributed by atoms with Crippen molar-refractivity contribution in [2.24, 2.45) is 10.9 Å². The highest BCUT2D eigenvalue weighted by molar-refractivity contribution is 4.61. The van der Waals surface area contributed by atoms with Gasteiger partial charge >= 0.3 is 0 Å². The zero-order valence-corrected chi connectivity index (χ0v) is 4.03. The molecular formula is C3H8N2O2. The molecule has 0 heterocycles. The van der Waals surface area contributed by atoms with Crippen molar-refractivity contribution in [2.45, 2.75) is 19.2 Å². The maximum atomic E-state index is 9.41. The van der Waals surface area contributed by atoms with Gasteiger partial charge in [0.2, 0.25) is 0 Å². The summed E-state index contributed by atoms with van der Waals surface area (Å²) in [6.45, 7) is 1.41. The lowest BCUT2D eigenvalue weighted by Gasteiger charge is -2.02. The summed E-state index contributed by atoms with van der Waals surface area (Å²) in [5.41, 5.74) is 4.89. The van der Waals surface area contributed by atoms with E-state index < -0.39 is 12.3 Å². The van der Waals surface area contributed by atoms with E-state index in [2.05, 4.69) is 5.18 Å². The monoisotopic (exact) mass is 104 g/mol. The summed E-state index contributed by atoms with van der Waals surface area (Å²) in [6.07, 6.45) is -1.81. The predicted molar refractivity (Wildman–Crippen MR) is 25.5 cm³/mol. The Hall–Kier alpha value is -0.480. The molecule has 0 saturated heterocycles. The Bertz CT molecular complexity index is 64.0. The van der Waals surface area contributed by atoms with E-state index in [4.69, 9.17) is 10.8 Å². The van der Waals surface area contributed by atoms with Crippen molar-refractivity contribution in [3.63, 3.8) is 0 Å². The lowest BCUT2D eigenvalue weighted by molar-refractivity contribution is 0.166. The first-order valence-electron chi connectivity index (χ1n) is 1.94. The standard InChI is InChI=1S/C3H8N2O2/c1-2(6)3(4)5-7/h2-3,6H,4H2,1H3. The van der Waals surface area contributed by atoms with Gasteiger partial charge in [0.25, 0.3) is 0 Å². The molecule has 0 aromatic carbocycles. The number of nitroso groups, excluding NO2 is 1. The smallest absolute Gasteiger partial charge is 0.165 e. The van der Waals surface area contributed by atoms with E-state index in [9.17, 15) is 4.91 Å². The molecule has 0 aliphatic heterocycles. The van der Waals surface area contributed by atoms with Crippen LogP contribution in [0.25, 0.3) is 0 Å². The van der Waals surface area contributed by atoms with Crippen LogP contribution < -0.4 is 5.73 Å². The van der Waals surface area contributed by atoms with Crippen LogP contribution in [0.15, 0.2) is 5.18 Å². The van der Waals surface area contributed by atoms with Crippen LogP contribution in [0.5, 0.6) is 0 Å². The van der Waals surface area contributed by atoms with Gasteiger partial charge in [-0.15, -0.1) is 4.91 Å². The highest BCUT2D eigenvalue weighted by Gasteiger charge is 2.06. The first kappa shape index (κ1) is 6.52. The second-order valence-corrected chi connectivity index (χ2v) is 1.34. The zero-order valence-electron chi connectivity index (χ0n) is 4.03. The number of hydrogen-bond donors (Lipinski definition) is 2. The van der Waals surface area contributed by atoms with Crippen LogP contribution in [0.2, 0.25) is 0 Å². The van der Waals surface area contributed by atoms with Crippen molar-refractivity contribution in [1.29, 1.82) is 0 Å². The summed E-state index contributed by atoms with van der Waals surface area (Å²) in [5, 5.41) is 10.8. The fourth-order valence-electron chi connectivity index (χ4n) is 0.0881. The number of aliphatic hydroxyl groups is 1. The Morgan fingerprint density at radius 2 is 2.29 bits per heavy atom. The first-order chi connectivity index (χ1) is 3.18. The topological polar surface area (TPSA) is 75.7 Å². The van der Waals surface area contributed by atoms with E-state index in [1.54, 1.807) is 0 Å². The normalized spacial score (nSPS) is 18.1. The fourth-order valence-corrected chi connectivity index (χ4v) is 0.0881. The zero-order chi connectivity index (χ0) is 5.86. The molecule has 2 atom stereocenters. The summed E-state index contributed by atoms with van der Waals surface area (Å²) in [4.78, 5) is 9.41. The van der Waals surface area contributed by atoms with Gasteiger partial charge in [0.05, 0.1) is 6.10 Å². The van der Waals surface area contributed by atoms with Gasteiger partial charge in [-0.1, -0.05) is 0 Å². The quantitative estimate of drug-likeness (QED) is 0.460. The Morgan fingerprint density at radius 3 is 2.29 bits per heavy atom. The molecule has 0 amide bonds. The van der Waals surface area contributed by atoms with Crippen LogP contribution in [0.3, 0.4) is 0 Å². The third-order valence-electron chi connectivity index (χ3n) is 0.616. The van der Waals surface area contributed by atoms with Crippen LogP contribution in [0.4, 0.5) is 0 Å².